The summed E-state index contributed by atoms with van der Waals surface area (Å²) in [6.45, 7) is 0. The van der Waals surface area contributed by atoms with E-state index in [-0.39, 0.29) is 17.3 Å². The number of nitrogens with zero attached hydrogens (tertiary/aromatic N) is 2. The van der Waals surface area contributed by atoms with Crippen molar-refractivity contribution < 1.29 is 9.90 Å². The van der Waals surface area contributed by atoms with Crippen LogP contribution in [-0.4, -0.2) is 26.2 Å². The molecule has 3 rings (SSSR count). The van der Waals surface area contributed by atoms with E-state index in [4.69, 9.17) is 0 Å². The Labute approximate surface area is 117 Å². The van der Waals surface area contributed by atoms with Gasteiger partial charge in [-0.15, -0.1) is 0 Å². The molecule has 0 atom stereocenters. The molecule has 0 radical (unpaired) electrons. The molecular weight excluding hydrogens is 312 g/mol. The Morgan fingerprint density at radius 1 is 1.53 bits per heavy atom. The summed E-state index contributed by atoms with van der Waals surface area (Å²) in [5.74, 6) is 0.0935. The van der Waals surface area contributed by atoms with Crippen molar-refractivity contribution >= 4 is 27.7 Å². The van der Waals surface area contributed by atoms with Crippen molar-refractivity contribution in [2.75, 3.05) is 5.32 Å². The van der Waals surface area contributed by atoms with Gasteiger partial charge in [0.05, 0.1) is 10.2 Å². The molecule has 0 saturated heterocycles. The van der Waals surface area contributed by atoms with Crippen LogP contribution in [0.5, 0.6) is 5.75 Å². The van der Waals surface area contributed by atoms with Crippen LogP contribution >= 0.6 is 15.9 Å². The number of rotatable bonds is 3. The second kappa shape index (κ2) is 4.65. The van der Waals surface area contributed by atoms with Crippen molar-refractivity contribution in [1.29, 1.82) is 0 Å². The lowest BCUT2D eigenvalue weighted by molar-refractivity contribution is 0.102. The molecule has 6 nitrogen and oxygen atoms in total. The number of aromatic nitrogens is 3. The molecule has 1 aliphatic carbocycles. The summed E-state index contributed by atoms with van der Waals surface area (Å²) in [6.07, 6.45) is 3.72. The van der Waals surface area contributed by atoms with Gasteiger partial charge in [-0.1, -0.05) is 0 Å². The fraction of sp³-hybridized carbons (Fsp3) is 0.250. The lowest BCUT2D eigenvalue weighted by atomic mass is 10.2. The highest BCUT2D eigenvalue weighted by atomic mass is 79.9. The summed E-state index contributed by atoms with van der Waals surface area (Å²) in [4.78, 5) is 16.0. The van der Waals surface area contributed by atoms with E-state index in [1.807, 2.05) is 0 Å². The summed E-state index contributed by atoms with van der Waals surface area (Å²) in [5.41, 5.74) is 1.22. The molecule has 0 bridgehead atoms. The molecule has 2 aromatic rings. The van der Waals surface area contributed by atoms with E-state index < -0.39 is 5.91 Å². The number of halogens is 1. The van der Waals surface area contributed by atoms with Crippen LogP contribution in [0.2, 0.25) is 0 Å². The number of H-pyrrole nitrogens is 1. The number of pyridine rings is 1. The van der Waals surface area contributed by atoms with Gasteiger partial charge in [0.1, 0.15) is 0 Å². The number of nitrogens with one attached hydrogen (secondary N) is 2. The first-order valence-electron chi connectivity index (χ1n) is 5.86. The third kappa shape index (κ3) is 2.33. The molecule has 7 heteroatoms. The molecular formula is C12H11BrN4O2. The SMILES string of the molecule is O=C(Nc1ncccc1O)c1n[nH]c(C2CC2)c1Br. The fourth-order valence-electron chi connectivity index (χ4n) is 1.79. The van der Waals surface area contributed by atoms with Gasteiger partial charge in [0.15, 0.2) is 17.3 Å². The van der Waals surface area contributed by atoms with Crippen molar-refractivity contribution in [3.8, 4) is 5.75 Å². The van der Waals surface area contributed by atoms with Crippen molar-refractivity contribution in [2.24, 2.45) is 0 Å². The quantitative estimate of drug-likeness (QED) is 0.809. The van der Waals surface area contributed by atoms with Crippen LogP contribution < -0.4 is 5.32 Å². The molecule has 0 aliphatic heterocycles. The fourth-order valence-corrected chi connectivity index (χ4v) is 2.48. The second-order valence-electron chi connectivity index (χ2n) is 4.40. The van der Waals surface area contributed by atoms with Crippen molar-refractivity contribution in [1.82, 2.24) is 15.2 Å². The Balaban J connectivity index is 1.82. The van der Waals surface area contributed by atoms with Gasteiger partial charge in [-0.2, -0.15) is 5.10 Å². The van der Waals surface area contributed by atoms with Crippen molar-refractivity contribution in [2.45, 2.75) is 18.8 Å². The maximum atomic E-state index is 12.1. The molecule has 0 aromatic carbocycles. The minimum Gasteiger partial charge on any atom is -0.504 e. The predicted molar refractivity (Wildman–Crippen MR) is 72.1 cm³/mol. The molecule has 1 aliphatic rings. The predicted octanol–water partition coefficient (Wildman–Crippen LogP) is 2.40. The van der Waals surface area contributed by atoms with Crippen molar-refractivity contribution in [3.63, 3.8) is 0 Å². The van der Waals surface area contributed by atoms with Crippen molar-refractivity contribution in [3.05, 3.63) is 34.2 Å². The smallest absolute Gasteiger partial charge is 0.278 e. The van der Waals surface area contributed by atoms with Gasteiger partial charge in [-0.05, 0) is 40.9 Å². The Morgan fingerprint density at radius 3 is 3.00 bits per heavy atom. The van der Waals surface area contributed by atoms with Crippen LogP contribution in [0.4, 0.5) is 5.82 Å². The van der Waals surface area contributed by atoms with E-state index in [1.54, 1.807) is 6.07 Å². The Hall–Kier alpha value is -1.89. The number of carbonyl (C=O) groups is 1. The number of hydrogen-bond acceptors (Lipinski definition) is 4. The highest BCUT2D eigenvalue weighted by Crippen LogP contribution is 2.42. The summed E-state index contributed by atoms with van der Waals surface area (Å²) in [6, 6.07) is 3.04. The zero-order chi connectivity index (χ0) is 13.4. The lowest BCUT2D eigenvalue weighted by Gasteiger charge is -2.04. The number of carbonyl (C=O) groups excluding carboxylic acids is 1. The van der Waals surface area contributed by atoms with Crippen LogP contribution in [0, 0.1) is 0 Å². The van der Waals surface area contributed by atoms with Gasteiger partial charge in [0.2, 0.25) is 0 Å². The van der Waals surface area contributed by atoms with E-state index in [0.29, 0.717) is 10.4 Å². The average molecular weight is 323 g/mol. The van der Waals surface area contributed by atoms with Gasteiger partial charge in [-0.3, -0.25) is 9.89 Å². The summed E-state index contributed by atoms with van der Waals surface area (Å²) in [5, 5.41) is 19.0. The molecule has 1 amide bonds. The highest BCUT2D eigenvalue weighted by molar-refractivity contribution is 9.10. The first-order chi connectivity index (χ1) is 9.16. The van der Waals surface area contributed by atoms with Gasteiger partial charge >= 0.3 is 0 Å². The van der Waals surface area contributed by atoms with Gasteiger partial charge < -0.3 is 10.4 Å². The topological polar surface area (TPSA) is 90.9 Å². The molecule has 2 aromatic heterocycles. The number of aromatic hydroxyl groups is 1. The average Bonchev–Trinajstić information content (AvgIpc) is 3.15. The highest BCUT2D eigenvalue weighted by Gasteiger charge is 2.30. The molecule has 2 heterocycles. The number of hydrogen-bond donors (Lipinski definition) is 3. The first kappa shape index (κ1) is 12.2. The lowest BCUT2D eigenvalue weighted by Crippen LogP contribution is -2.14. The number of amides is 1. The van der Waals surface area contributed by atoms with Crippen LogP contribution in [-0.2, 0) is 0 Å². The van der Waals surface area contributed by atoms with E-state index >= 15 is 0 Å². The largest absolute Gasteiger partial charge is 0.504 e. The van der Waals surface area contributed by atoms with Crippen LogP contribution in [0.25, 0.3) is 0 Å². The third-order valence-corrected chi connectivity index (χ3v) is 3.75. The molecule has 98 valence electrons. The molecule has 1 saturated carbocycles. The Morgan fingerprint density at radius 2 is 2.32 bits per heavy atom. The maximum Gasteiger partial charge on any atom is 0.278 e. The third-order valence-electron chi connectivity index (χ3n) is 2.95. The minimum absolute atomic E-state index is 0.0788. The molecule has 3 N–H and O–H groups in total. The van der Waals surface area contributed by atoms with Gasteiger partial charge in [0.25, 0.3) is 5.91 Å². The van der Waals surface area contributed by atoms with E-state index in [2.05, 4.69) is 36.4 Å². The normalized spacial score (nSPS) is 14.4. The Kier molecular flexibility index (Phi) is 2.98. The second-order valence-corrected chi connectivity index (χ2v) is 5.19. The van der Waals surface area contributed by atoms with Crippen LogP contribution in [0.15, 0.2) is 22.8 Å². The maximum absolute atomic E-state index is 12.1. The van der Waals surface area contributed by atoms with Gasteiger partial charge in [-0.25, -0.2) is 4.98 Å². The number of anilines is 1. The zero-order valence-corrected chi connectivity index (χ0v) is 11.4. The molecule has 1 fully saturated rings. The van der Waals surface area contributed by atoms with E-state index in [1.165, 1.54) is 12.3 Å². The van der Waals surface area contributed by atoms with Crippen LogP contribution in [0.1, 0.15) is 34.9 Å². The monoisotopic (exact) mass is 322 g/mol. The molecule has 0 unspecified atom stereocenters. The van der Waals surface area contributed by atoms with Gasteiger partial charge in [0, 0.05) is 12.1 Å². The zero-order valence-electron chi connectivity index (χ0n) is 9.85. The summed E-state index contributed by atoms with van der Waals surface area (Å²) >= 11 is 3.39. The Bertz CT molecular complexity index is 636. The summed E-state index contributed by atoms with van der Waals surface area (Å²) < 4.78 is 0.683. The first-order valence-corrected chi connectivity index (χ1v) is 6.65. The van der Waals surface area contributed by atoms with E-state index in [0.717, 1.165) is 18.5 Å². The minimum atomic E-state index is -0.413. The summed E-state index contributed by atoms with van der Waals surface area (Å²) in [7, 11) is 0. The number of aromatic amines is 1. The molecule has 19 heavy (non-hydrogen) atoms. The van der Waals surface area contributed by atoms with Crippen LogP contribution in [0.3, 0.4) is 0 Å². The molecule has 0 spiro atoms. The standard InChI is InChI=1S/C12H11BrN4O2/c13-8-9(6-3-4-6)16-17-10(8)12(19)15-11-7(18)2-1-5-14-11/h1-2,5-6,18H,3-4H2,(H,16,17)(H,14,15,19). The van der Waals surface area contributed by atoms with E-state index in [9.17, 15) is 9.90 Å².